The van der Waals surface area contributed by atoms with E-state index < -0.39 is 26.6 Å². The van der Waals surface area contributed by atoms with Crippen LogP contribution in [0.2, 0.25) is 0 Å². The quantitative estimate of drug-likeness (QED) is 0.753. The molecule has 0 aliphatic heterocycles. The lowest BCUT2D eigenvalue weighted by Crippen LogP contribution is -2.14. The Labute approximate surface area is 80.4 Å². The Morgan fingerprint density at radius 2 is 2.21 bits per heavy atom. The molecule has 1 aromatic heterocycles. The van der Waals surface area contributed by atoms with Gasteiger partial charge in [-0.1, -0.05) is 6.92 Å². The van der Waals surface area contributed by atoms with Crippen molar-refractivity contribution in [1.82, 2.24) is 0 Å². The second-order valence-electron chi connectivity index (χ2n) is 2.62. The molecule has 0 bridgehead atoms. The zero-order valence-corrected chi connectivity index (χ0v) is 8.17. The van der Waals surface area contributed by atoms with E-state index in [1.54, 1.807) is 6.92 Å². The van der Waals surface area contributed by atoms with Crippen molar-refractivity contribution in [3.05, 3.63) is 17.4 Å². The number of aromatic carboxylic acids is 1. The molecule has 1 aromatic rings. The van der Waals surface area contributed by atoms with E-state index in [0.29, 0.717) is 6.42 Å². The van der Waals surface area contributed by atoms with Gasteiger partial charge in [0, 0.05) is 6.42 Å². The Kier molecular flexibility index (Phi) is 2.63. The Morgan fingerprint density at radius 1 is 1.64 bits per heavy atom. The van der Waals surface area contributed by atoms with Crippen LogP contribution >= 0.6 is 0 Å². The highest BCUT2D eigenvalue weighted by atomic mass is 32.2. The standard InChI is InChI=1S/C7H9NO5S/c1-2-4-3-5(6(9)10)7(13-4)14(8,11)12/h3H,2H2,1H3,(H,9,10)(H2,8,11,12). The van der Waals surface area contributed by atoms with Gasteiger partial charge in [0.05, 0.1) is 0 Å². The molecule has 0 unspecified atom stereocenters. The number of primary sulfonamides is 1. The largest absolute Gasteiger partial charge is 0.478 e. The number of carboxylic acid groups (broad SMARTS) is 1. The van der Waals surface area contributed by atoms with Gasteiger partial charge in [0.2, 0.25) is 5.09 Å². The van der Waals surface area contributed by atoms with Crippen LogP contribution < -0.4 is 5.14 Å². The number of hydrogen-bond acceptors (Lipinski definition) is 4. The van der Waals surface area contributed by atoms with Crippen LogP contribution in [0.15, 0.2) is 15.6 Å². The maximum atomic E-state index is 10.9. The molecule has 6 nitrogen and oxygen atoms in total. The summed E-state index contributed by atoms with van der Waals surface area (Å²) in [6.45, 7) is 1.71. The van der Waals surface area contributed by atoms with E-state index in [-0.39, 0.29) is 5.76 Å². The highest BCUT2D eigenvalue weighted by Crippen LogP contribution is 2.19. The van der Waals surface area contributed by atoms with E-state index >= 15 is 0 Å². The first-order valence-corrected chi connectivity index (χ1v) is 5.29. The smallest absolute Gasteiger partial charge is 0.340 e. The summed E-state index contributed by atoms with van der Waals surface area (Å²) in [5.74, 6) is -1.11. The number of aryl methyl sites for hydroxylation is 1. The van der Waals surface area contributed by atoms with Crippen molar-refractivity contribution < 1.29 is 22.7 Å². The number of rotatable bonds is 3. The lowest BCUT2D eigenvalue weighted by molar-refractivity contribution is 0.0689. The number of hydrogen-bond donors (Lipinski definition) is 2. The van der Waals surface area contributed by atoms with E-state index in [4.69, 9.17) is 14.7 Å². The van der Waals surface area contributed by atoms with Crippen molar-refractivity contribution in [2.24, 2.45) is 5.14 Å². The van der Waals surface area contributed by atoms with Crippen molar-refractivity contribution in [2.45, 2.75) is 18.4 Å². The molecule has 0 fully saturated rings. The minimum Gasteiger partial charge on any atom is -0.478 e. The SMILES string of the molecule is CCc1cc(C(=O)O)c(S(N)(=O)=O)o1. The summed E-state index contributed by atoms with van der Waals surface area (Å²) >= 11 is 0. The average Bonchev–Trinajstić information content (AvgIpc) is 2.46. The highest BCUT2D eigenvalue weighted by molar-refractivity contribution is 7.89. The van der Waals surface area contributed by atoms with Crippen molar-refractivity contribution in [3.63, 3.8) is 0 Å². The van der Waals surface area contributed by atoms with Crippen LogP contribution in [0.1, 0.15) is 23.0 Å². The van der Waals surface area contributed by atoms with Crippen LogP contribution in [0, 0.1) is 0 Å². The summed E-state index contributed by atoms with van der Waals surface area (Å²) in [6, 6.07) is 1.15. The minimum atomic E-state index is -4.12. The molecule has 0 atom stereocenters. The molecule has 0 aliphatic carbocycles. The zero-order valence-electron chi connectivity index (χ0n) is 7.35. The molecule has 14 heavy (non-hydrogen) atoms. The molecule has 0 aliphatic rings. The predicted molar refractivity (Wildman–Crippen MR) is 46.4 cm³/mol. The number of furan rings is 1. The van der Waals surface area contributed by atoms with Crippen LogP contribution in [-0.2, 0) is 16.4 Å². The monoisotopic (exact) mass is 219 g/mol. The Balaban J connectivity index is 3.42. The third-order valence-electron chi connectivity index (χ3n) is 1.59. The van der Waals surface area contributed by atoms with Crippen molar-refractivity contribution >= 4 is 16.0 Å². The van der Waals surface area contributed by atoms with Crippen molar-refractivity contribution in [2.75, 3.05) is 0 Å². The molecule has 78 valence electrons. The van der Waals surface area contributed by atoms with Crippen LogP contribution in [0.25, 0.3) is 0 Å². The Morgan fingerprint density at radius 3 is 2.50 bits per heavy atom. The molecule has 1 heterocycles. The molecule has 0 radical (unpaired) electrons. The first kappa shape index (κ1) is 10.7. The lowest BCUT2D eigenvalue weighted by Gasteiger charge is -1.93. The molecule has 0 saturated heterocycles. The summed E-state index contributed by atoms with van der Waals surface area (Å²) in [5.41, 5.74) is -0.427. The molecule has 0 amide bonds. The Bertz CT molecular complexity index is 458. The molecule has 7 heteroatoms. The summed E-state index contributed by atoms with van der Waals surface area (Å²) in [4.78, 5) is 10.6. The van der Waals surface area contributed by atoms with Gasteiger partial charge in [-0.05, 0) is 6.07 Å². The topological polar surface area (TPSA) is 111 Å². The van der Waals surface area contributed by atoms with Gasteiger partial charge in [-0.2, -0.15) is 0 Å². The molecular formula is C7H9NO5S. The fraction of sp³-hybridized carbons (Fsp3) is 0.286. The third-order valence-corrected chi connectivity index (χ3v) is 2.41. The molecule has 1 rings (SSSR count). The van der Waals surface area contributed by atoms with Gasteiger partial charge in [-0.3, -0.25) is 0 Å². The van der Waals surface area contributed by atoms with E-state index in [1.807, 2.05) is 0 Å². The molecule has 0 aromatic carbocycles. The normalized spacial score (nSPS) is 11.6. The van der Waals surface area contributed by atoms with Crippen molar-refractivity contribution in [1.29, 1.82) is 0 Å². The second-order valence-corrected chi connectivity index (χ2v) is 4.08. The minimum absolute atomic E-state index is 0.270. The van der Waals surface area contributed by atoms with E-state index in [1.165, 1.54) is 0 Å². The van der Waals surface area contributed by atoms with E-state index in [2.05, 4.69) is 0 Å². The van der Waals surface area contributed by atoms with Gasteiger partial charge in [0.1, 0.15) is 11.3 Å². The molecule has 3 N–H and O–H groups in total. The first-order chi connectivity index (χ1) is 6.36. The number of carboxylic acids is 1. The summed E-state index contributed by atoms with van der Waals surface area (Å²) in [6.07, 6.45) is 0.399. The van der Waals surface area contributed by atoms with Gasteiger partial charge in [-0.25, -0.2) is 18.4 Å². The van der Waals surface area contributed by atoms with Gasteiger partial charge >= 0.3 is 5.97 Å². The maximum absolute atomic E-state index is 10.9. The van der Waals surface area contributed by atoms with Gasteiger partial charge < -0.3 is 9.52 Å². The van der Waals surface area contributed by atoms with Crippen LogP contribution in [0.5, 0.6) is 0 Å². The van der Waals surface area contributed by atoms with E-state index in [9.17, 15) is 13.2 Å². The number of nitrogens with two attached hydrogens (primary N) is 1. The average molecular weight is 219 g/mol. The van der Waals surface area contributed by atoms with Gasteiger partial charge in [0.25, 0.3) is 10.0 Å². The van der Waals surface area contributed by atoms with Gasteiger partial charge in [0.15, 0.2) is 0 Å². The number of carbonyl (C=O) groups is 1. The summed E-state index contributed by atoms with van der Waals surface area (Å²) in [5, 5.41) is 12.7. The zero-order chi connectivity index (χ0) is 10.9. The maximum Gasteiger partial charge on any atom is 0.340 e. The first-order valence-electron chi connectivity index (χ1n) is 3.75. The number of sulfonamides is 1. The molecule has 0 saturated carbocycles. The molecule has 0 spiro atoms. The highest BCUT2D eigenvalue weighted by Gasteiger charge is 2.24. The van der Waals surface area contributed by atoms with E-state index in [0.717, 1.165) is 6.07 Å². The predicted octanol–water partition coefficient (Wildman–Crippen LogP) is 0.188. The van der Waals surface area contributed by atoms with Crippen LogP contribution in [-0.4, -0.2) is 19.5 Å². The Hall–Kier alpha value is -1.34. The van der Waals surface area contributed by atoms with Crippen LogP contribution in [0.3, 0.4) is 0 Å². The molecular weight excluding hydrogens is 210 g/mol. The second kappa shape index (κ2) is 3.43. The third kappa shape index (κ3) is 1.94. The van der Waals surface area contributed by atoms with Gasteiger partial charge in [-0.15, -0.1) is 0 Å². The summed E-state index contributed by atoms with van der Waals surface area (Å²) in [7, 11) is -4.12. The fourth-order valence-corrected chi connectivity index (χ4v) is 1.63. The lowest BCUT2D eigenvalue weighted by atomic mass is 10.3. The summed E-state index contributed by atoms with van der Waals surface area (Å²) < 4.78 is 26.6. The fourth-order valence-electron chi connectivity index (χ4n) is 0.958. The van der Waals surface area contributed by atoms with Crippen LogP contribution in [0.4, 0.5) is 0 Å². The van der Waals surface area contributed by atoms with Crippen molar-refractivity contribution in [3.8, 4) is 0 Å².